The maximum absolute atomic E-state index is 12.2. The highest BCUT2D eigenvalue weighted by molar-refractivity contribution is 6.31. The van der Waals surface area contributed by atoms with E-state index in [1.807, 2.05) is 24.3 Å². The van der Waals surface area contributed by atoms with E-state index in [0.29, 0.717) is 17.1 Å². The van der Waals surface area contributed by atoms with Crippen molar-refractivity contribution in [2.24, 2.45) is 0 Å². The van der Waals surface area contributed by atoms with Gasteiger partial charge in [0.05, 0.1) is 0 Å². The number of pyridine rings is 1. The number of hydrogen-bond acceptors (Lipinski definition) is 3. The zero-order chi connectivity index (χ0) is 15.5. The Hall–Kier alpha value is -2.59. The van der Waals surface area contributed by atoms with Gasteiger partial charge in [-0.05, 0) is 23.8 Å². The summed E-state index contributed by atoms with van der Waals surface area (Å²) in [6.07, 6.45) is 0. The number of fused-ring (bicyclic) bond motifs is 1. The third-order valence-corrected chi connectivity index (χ3v) is 3.70. The van der Waals surface area contributed by atoms with Crippen molar-refractivity contribution in [3.63, 3.8) is 0 Å². The van der Waals surface area contributed by atoms with Crippen LogP contribution in [0, 0.1) is 0 Å². The SMILES string of the molecule is O=C(NCc1ccccc1Cl)c1ccc2cccc(O)c2n1. The molecule has 1 aromatic heterocycles. The van der Waals surface area contributed by atoms with E-state index in [2.05, 4.69) is 10.3 Å². The number of halogens is 1. The number of aromatic nitrogens is 1. The monoisotopic (exact) mass is 312 g/mol. The van der Waals surface area contributed by atoms with E-state index in [4.69, 9.17) is 11.6 Å². The van der Waals surface area contributed by atoms with E-state index in [1.165, 1.54) is 0 Å². The second-order valence-corrected chi connectivity index (χ2v) is 5.23. The van der Waals surface area contributed by atoms with Gasteiger partial charge in [-0.3, -0.25) is 4.79 Å². The van der Waals surface area contributed by atoms with Crippen molar-refractivity contribution in [1.29, 1.82) is 0 Å². The molecule has 2 aromatic carbocycles. The Balaban J connectivity index is 1.80. The van der Waals surface area contributed by atoms with Crippen LogP contribution < -0.4 is 5.32 Å². The van der Waals surface area contributed by atoms with Gasteiger partial charge >= 0.3 is 0 Å². The molecule has 110 valence electrons. The Morgan fingerprint density at radius 2 is 1.91 bits per heavy atom. The maximum Gasteiger partial charge on any atom is 0.270 e. The summed E-state index contributed by atoms with van der Waals surface area (Å²) in [5.74, 6) is -0.261. The van der Waals surface area contributed by atoms with Gasteiger partial charge in [0.15, 0.2) is 0 Å². The van der Waals surface area contributed by atoms with Crippen molar-refractivity contribution in [2.75, 3.05) is 0 Å². The first kappa shape index (κ1) is 14.4. The van der Waals surface area contributed by atoms with E-state index in [9.17, 15) is 9.90 Å². The third-order valence-electron chi connectivity index (χ3n) is 3.33. The standard InChI is InChI=1S/C17H13ClN2O2/c18-13-6-2-1-4-12(13)10-19-17(22)14-9-8-11-5-3-7-15(21)16(11)20-14/h1-9,21H,10H2,(H,19,22). The van der Waals surface area contributed by atoms with Crippen molar-refractivity contribution in [1.82, 2.24) is 10.3 Å². The predicted octanol–water partition coefficient (Wildman–Crippen LogP) is 3.52. The predicted molar refractivity (Wildman–Crippen MR) is 86.0 cm³/mol. The molecule has 0 saturated heterocycles. The Bertz CT molecular complexity index is 849. The number of hydrogen-bond donors (Lipinski definition) is 2. The van der Waals surface area contributed by atoms with Crippen LogP contribution in [0.1, 0.15) is 16.1 Å². The summed E-state index contributed by atoms with van der Waals surface area (Å²) in [5.41, 5.74) is 1.50. The lowest BCUT2D eigenvalue weighted by Crippen LogP contribution is -2.23. The summed E-state index contributed by atoms with van der Waals surface area (Å²) in [4.78, 5) is 16.4. The quantitative estimate of drug-likeness (QED) is 0.778. The number of benzene rings is 2. The molecule has 22 heavy (non-hydrogen) atoms. The van der Waals surface area contributed by atoms with Crippen LogP contribution in [-0.4, -0.2) is 16.0 Å². The number of nitrogens with one attached hydrogen (secondary N) is 1. The molecule has 4 nitrogen and oxygen atoms in total. The van der Waals surface area contributed by atoms with Crippen molar-refractivity contribution in [3.05, 3.63) is 70.9 Å². The van der Waals surface area contributed by atoms with Gasteiger partial charge in [-0.1, -0.05) is 48.0 Å². The van der Waals surface area contributed by atoms with Crippen molar-refractivity contribution in [2.45, 2.75) is 6.54 Å². The minimum Gasteiger partial charge on any atom is -0.506 e. The molecule has 5 heteroatoms. The van der Waals surface area contributed by atoms with Gasteiger partial charge in [0.25, 0.3) is 5.91 Å². The zero-order valence-corrected chi connectivity index (χ0v) is 12.3. The maximum atomic E-state index is 12.2. The largest absolute Gasteiger partial charge is 0.506 e. The van der Waals surface area contributed by atoms with Gasteiger partial charge in [0, 0.05) is 17.0 Å². The molecule has 3 aromatic rings. The average Bonchev–Trinajstić information content (AvgIpc) is 2.54. The minimum absolute atomic E-state index is 0.0539. The van der Waals surface area contributed by atoms with Crippen LogP contribution in [0.4, 0.5) is 0 Å². The van der Waals surface area contributed by atoms with E-state index < -0.39 is 0 Å². The normalized spacial score (nSPS) is 10.6. The number of nitrogens with zero attached hydrogens (tertiary/aromatic N) is 1. The molecule has 0 saturated carbocycles. The molecule has 2 N–H and O–H groups in total. The molecular weight excluding hydrogens is 300 g/mol. The van der Waals surface area contributed by atoms with Crippen LogP contribution in [0.5, 0.6) is 5.75 Å². The highest BCUT2D eigenvalue weighted by Gasteiger charge is 2.10. The van der Waals surface area contributed by atoms with E-state index in [0.717, 1.165) is 10.9 Å². The molecule has 0 fully saturated rings. The van der Waals surface area contributed by atoms with Crippen LogP contribution in [-0.2, 0) is 6.54 Å². The topological polar surface area (TPSA) is 62.2 Å². The summed E-state index contributed by atoms with van der Waals surface area (Å²) < 4.78 is 0. The second-order valence-electron chi connectivity index (χ2n) is 4.82. The molecule has 3 rings (SSSR count). The second kappa shape index (κ2) is 6.03. The van der Waals surface area contributed by atoms with Gasteiger partial charge < -0.3 is 10.4 Å². The van der Waals surface area contributed by atoms with Gasteiger partial charge in [-0.15, -0.1) is 0 Å². The zero-order valence-electron chi connectivity index (χ0n) is 11.6. The van der Waals surface area contributed by atoms with Gasteiger partial charge in [0.1, 0.15) is 17.0 Å². The molecular formula is C17H13ClN2O2. The molecule has 0 unspecified atom stereocenters. The number of amides is 1. The first-order valence-corrected chi connectivity index (χ1v) is 7.13. The fourth-order valence-corrected chi connectivity index (χ4v) is 2.37. The molecule has 0 aliphatic rings. The van der Waals surface area contributed by atoms with Crippen LogP contribution in [0.25, 0.3) is 10.9 Å². The fraction of sp³-hybridized carbons (Fsp3) is 0.0588. The Kier molecular flexibility index (Phi) is 3.94. The molecule has 0 bridgehead atoms. The van der Waals surface area contributed by atoms with E-state index in [-0.39, 0.29) is 17.4 Å². The van der Waals surface area contributed by atoms with E-state index in [1.54, 1.807) is 30.3 Å². The summed E-state index contributed by atoms with van der Waals surface area (Å²) in [6, 6.07) is 15.8. The van der Waals surface area contributed by atoms with Crippen molar-refractivity contribution >= 4 is 28.4 Å². The number of rotatable bonds is 3. The average molecular weight is 313 g/mol. The van der Waals surface area contributed by atoms with Gasteiger partial charge in [-0.2, -0.15) is 0 Å². The summed E-state index contributed by atoms with van der Waals surface area (Å²) >= 11 is 6.05. The van der Waals surface area contributed by atoms with Crippen LogP contribution >= 0.6 is 11.6 Å². The number of carbonyl (C=O) groups excluding carboxylic acids is 1. The number of phenols is 1. The lowest BCUT2D eigenvalue weighted by molar-refractivity contribution is 0.0946. The highest BCUT2D eigenvalue weighted by Crippen LogP contribution is 2.22. The lowest BCUT2D eigenvalue weighted by atomic mass is 10.2. The summed E-state index contributed by atoms with van der Waals surface area (Å²) in [7, 11) is 0. The summed E-state index contributed by atoms with van der Waals surface area (Å²) in [5, 5.41) is 14.0. The number of aromatic hydroxyl groups is 1. The lowest BCUT2D eigenvalue weighted by Gasteiger charge is -2.07. The van der Waals surface area contributed by atoms with Gasteiger partial charge in [0.2, 0.25) is 0 Å². The van der Waals surface area contributed by atoms with Crippen LogP contribution in [0.2, 0.25) is 5.02 Å². The first-order valence-electron chi connectivity index (χ1n) is 6.75. The Morgan fingerprint density at radius 1 is 1.09 bits per heavy atom. The van der Waals surface area contributed by atoms with E-state index >= 15 is 0 Å². The molecule has 1 amide bonds. The van der Waals surface area contributed by atoms with Crippen molar-refractivity contribution in [3.8, 4) is 5.75 Å². The number of para-hydroxylation sites is 1. The molecule has 0 aliphatic heterocycles. The van der Waals surface area contributed by atoms with Crippen LogP contribution in [0.3, 0.4) is 0 Å². The number of phenolic OH excluding ortho intramolecular Hbond substituents is 1. The fourth-order valence-electron chi connectivity index (χ4n) is 2.17. The number of carbonyl (C=O) groups is 1. The molecule has 0 atom stereocenters. The molecule has 0 aliphatic carbocycles. The highest BCUT2D eigenvalue weighted by atomic mass is 35.5. The smallest absolute Gasteiger partial charge is 0.270 e. The van der Waals surface area contributed by atoms with Crippen LogP contribution in [0.15, 0.2) is 54.6 Å². The minimum atomic E-state index is -0.315. The van der Waals surface area contributed by atoms with Crippen molar-refractivity contribution < 1.29 is 9.90 Å². The third kappa shape index (κ3) is 2.87. The Labute approximate surface area is 132 Å². The first-order chi connectivity index (χ1) is 10.6. The molecule has 1 heterocycles. The molecule has 0 spiro atoms. The molecule has 0 radical (unpaired) electrons. The Morgan fingerprint density at radius 3 is 2.73 bits per heavy atom. The summed E-state index contributed by atoms with van der Waals surface area (Å²) in [6.45, 7) is 0.318. The van der Waals surface area contributed by atoms with Gasteiger partial charge in [-0.25, -0.2) is 4.98 Å².